The van der Waals surface area contributed by atoms with Gasteiger partial charge in [-0.2, -0.15) is 4.31 Å². The van der Waals surface area contributed by atoms with Crippen LogP contribution in [0.5, 0.6) is 5.75 Å². The molecule has 3 aromatic rings. The number of hydrogen-bond donors (Lipinski definition) is 3. The summed E-state index contributed by atoms with van der Waals surface area (Å²) in [5.74, 6) is 0.224. The van der Waals surface area contributed by atoms with E-state index in [1.54, 1.807) is 18.2 Å². The Bertz CT molecular complexity index is 1320. The highest BCUT2D eigenvalue weighted by atomic mass is 32.2. The van der Waals surface area contributed by atoms with Crippen molar-refractivity contribution in [3.8, 4) is 5.75 Å². The summed E-state index contributed by atoms with van der Waals surface area (Å²) >= 11 is 0. The number of piperidine rings is 1. The fourth-order valence-corrected chi connectivity index (χ4v) is 6.14. The van der Waals surface area contributed by atoms with Crippen molar-refractivity contribution in [3.63, 3.8) is 0 Å². The maximum Gasteiger partial charge on any atom is 0.323 e. The molecule has 32 heavy (non-hydrogen) atoms. The number of nitrogens with zero attached hydrogens (tertiary/aromatic N) is 1. The first-order valence-corrected chi connectivity index (χ1v) is 11.8. The van der Waals surface area contributed by atoms with Gasteiger partial charge in [0.05, 0.1) is 18.1 Å². The maximum atomic E-state index is 13.4. The van der Waals surface area contributed by atoms with E-state index in [9.17, 15) is 18.0 Å². The first-order chi connectivity index (χ1) is 15.2. The molecule has 1 saturated heterocycles. The van der Waals surface area contributed by atoms with Gasteiger partial charge in [0.2, 0.25) is 10.0 Å². The lowest BCUT2D eigenvalue weighted by Gasteiger charge is -2.34. The number of methoxy groups -OCH3 is 1. The summed E-state index contributed by atoms with van der Waals surface area (Å²) in [4.78, 5) is 29.6. The molecule has 170 valence electrons. The molecular formula is C22H26N4O5S. The standard InChI is InChI=1S/C22H26N4O5S/c1-13-8-14(2)12-26(11-13)32(29,30)20-9-15(4-7-19(20)31-3)21(27)23-16-5-6-17-18(10-16)25-22(28)24-17/h4-7,9-10,13-14H,8,11-12H2,1-3H3,(H,23,27)(H2,24,25,28)/t13-,14+. The lowest BCUT2D eigenvalue weighted by Crippen LogP contribution is -2.42. The van der Waals surface area contributed by atoms with Crippen LogP contribution in [0.2, 0.25) is 0 Å². The van der Waals surface area contributed by atoms with E-state index in [1.165, 1.54) is 29.6 Å². The van der Waals surface area contributed by atoms with Crippen molar-refractivity contribution in [3.05, 3.63) is 52.4 Å². The highest BCUT2D eigenvalue weighted by Crippen LogP contribution is 2.32. The van der Waals surface area contributed by atoms with E-state index >= 15 is 0 Å². The Morgan fingerprint density at radius 2 is 1.75 bits per heavy atom. The van der Waals surface area contributed by atoms with Gasteiger partial charge in [-0.15, -0.1) is 0 Å². The molecule has 2 atom stereocenters. The van der Waals surface area contributed by atoms with Crippen molar-refractivity contribution in [2.24, 2.45) is 11.8 Å². The molecule has 0 aliphatic carbocycles. The van der Waals surface area contributed by atoms with Gasteiger partial charge >= 0.3 is 5.69 Å². The van der Waals surface area contributed by atoms with E-state index in [4.69, 9.17) is 4.74 Å². The van der Waals surface area contributed by atoms with Gasteiger partial charge in [0.1, 0.15) is 10.6 Å². The zero-order valence-corrected chi connectivity index (χ0v) is 19.0. The van der Waals surface area contributed by atoms with E-state index in [0.29, 0.717) is 29.8 Å². The third-order valence-electron chi connectivity index (χ3n) is 5.65. The molecule has 0 unspecified atom stereocenters. The van der Waals surface area contributed by atoms with Crippen LogP contribution in [0.1, 0.15) is 30.6 Å². The number of carbonyl (C=O) groups is 1. The maximum absolute atomic E-state index is 13.4. The highest BCUT2D eigenvalue weighted by molar-refractivity contribution is 7.89. The Hall–Kier alpha value is -3.11. The number of H-pyrrole nitrogens is 2. The number of fused-ring (bicyclic) bond motifs is 1. The number of amides is 1. The second kappa shape index (κ2) is 8.44. The van der Waals surface area contributed by atoms with Gasteiger partial charge in [0, 0.05) is 24.3 Å². The Labute approximate surface area is 185 Å². The summed E-state index contributed by atoms with van der Waals surface area (Å²) in [6.45, 7) is 4.93. The molecule has 3 N–H and O–H groups in total. The number of ether oxygens (including phenoxy) is 1. The second-order valence-corrected chi connectivity index (χ2v) is 10.3. The zero-order valence-electron chi connectivity index (χ0n) is 18.1. The minimum absolute atomic E-state index is 0.0284. The van der Waals surface area contributed by atoms with Crippen molar-refractivity contribution in [2.75, 3.05) is 25.5 Å². The fourth-order valence-electron chi connectivity index (χ4n) is 4.27. The van der Waals surface area contributed by atoms with Gasteiger partial charge < -0.3 is 20.0 Å². The molecular weight excluding hydrogens is 432 g/mol. The number of hydrogen-bond acceptors (Lipinski definition) is 5. The van der Waals surface area contributed by atoms with Crippen LogP contribution in [0, 0.1) is 11.8 Å². The minimum atomic E-state index is -3.84. The number of anilines is 1. The number of aromatic amines is 2. The molecule has 2 heterocycles. The summed E-state index contributed by atoms with van der Waals surface area (Å²) in [6.07, 6.45) is 0.975. The predicted molar refractivity (Wildman–Crippen MR) is 122 cm³/mol. The van der Waals surface area contributed by atoms with E-state index in [0.717, 1.165) is 6.42 Å². The van der Waals surface area contributed by atoms with Gasteiger partial charge in [-0.1, -0.05) is 13.8 Å². The normalized spacial score (nSPS) is 19.7. The molecule has 0 radical (unpaired) electrons. The minimum Gasteiger partial charge on any atom is -0.495 e. The Morgan fingerprint density at radius 3 is 2.44 bits per heavy atom. The van der Waals surface area contributed by atoms with Gasteiger partial charge in [0.25, 0.3) is 5.91 Å². The molecule has 10 heteroatoms. The smallest absolute Gasteiger partial charge is 0.323 e. The molecule has 9 nitrogen and oxygen atoms in total. The Morgan fingerprint density at radius 1 is 1.06 bits per heavy atom. The van der Waals surface area contributed by atoms with Crippen LogP contribution in [-0.4, -0.2) is 48.8 Å². The molecule has 1 fully saturated rings. The van der Waals surface area contributed by atoms with E-state index in [1.807, 2.05) is 13.8 Å². The number of aromatic nitrogens is 2. The predicted octanol–water partition coefficient (Wildman–Crippen LogP) is 2.78. The summed E-state index contributed by atoms with van der Waals surface area (Å²) in [5.41, 5.74) is 1.49. The molecule has 0 saturated carbocycles. The fraction of sp³-hybridized carbons (Fsp3) is 0.364. The highest BCUT2D eigenvalue weighted by Gasteiger charge is 2.34. The van der Waals surface area contributed by atoms with E-state index < -0.39 is 15.9 Å². The van der Waals surface area contributed by atoms with E-state index in [2.05, 4.69) is 15.3 Å². The van der Waals surface area contributed by atoms with Crippen LogP contribution in [-0.2, 0) is 10.0 Å². The number of benzene rings is 2. The number of nitrogens with one attached hydrogen (secondary N) is 3. The van der Waals surface area contributed by atoms with Crippen molar-refractivity contribution in [2.45, 2.75) is 25.2 Å². The van der Waals surface area contributed by atoms with Gasteiger partial charge in [-0.3, -0.25) is 4.79 Å². The number of carbonyl (C=O) groups excluding carboxylic acids is 1. The quantitative estimate of drug-likeness (QED) is 0.542. The van der Waals surface area contributed by atoms with Crippen LogP contribution in [0.15, 0.2) is 46.1 Å². The third-order valence-corrected chi connectivity index (χ3v) is 7.51. The molecule has 1 amide bonds. The third kappa shape index (κ3) is 4.28. The average Bonchev–Trinajstić information content (AvgIpc) is 3.11. The number of sulfonamides is 1. The van der Waals surface area contributed by atoms with Gasteiger partial charge in [-0.05, 0) is 54.7 Å². The molecule has 1 aliphatic heterocycles. The first kappa shape index (κ1) is 22.1. The molecule has 1 aliphatic rings. The van der Waals surface area contributed by atoms with Crippen LogP contribution in [0.4, 0.5) is 5.69 Å². The number of imidazole rings is 1. The summed E-state index contributed by atoms with van der Waals surface area (Å²) < 4.78 is 33.6. The van der Waals surface area contributed by atoms with Crippen LogP contribution >= 0.6 is 0 Å². The molecule has 4 rings (SSSR count). The Balaban J connectivity index is 1.64. The Kier molecular flexibility index (Phi) is 5.83. The molecule has 0 bridgehead atoms. The molecule has 0 spiro atoms. The zero-order chi connectivity index (χ0) is 23.0. The molecule has 1 aromatic heterocycles. The van der Waals surface area contributed by atoms with Crippen LogP contribution < -0.4 is 15.7 Å². The largest absolute Gasteiger partial charge is 0.495 e. The van der Waals surface area contributed by atoms with E-state index in [-0.39, 0.29) is 33.7 Å². The topological polar surface area (TPSA) is 124 Å². The lowest BCUT2D eigenvalue weighted by molar-refractivity contribution is 0.102. The average molecular weight is 459 g/mol. The number of rotatable bonds is 5. The summed E-state index contributed by atoms with van der Waals surface area (Å²) in [5, 5.41) is 2.75. The van der Waals surface area contributed by atoms with Crippen molar-refractivity contribution in [1.82, 2.24) is 14.3 Å². The first-order valence-electron chi connectivity index (χ1n) is 10.4. The van der Waals surface area contributed by atoms with Crippen LogP contribution in [0.25, 0.3) is 11.0 Å². The van der Waals surface area contributed by atoms with Crippen LogP contribution in [0.3, 0.4) is 0 Å². The summed E-state index contributed by atoms with van der Waals surface area (Å²) in [7, 11) is -2.44. The lowest BCUT2D eigenvalue weighted by atomic mass is 9.94. The second-order valence-electron chi connectivity index (χ2n) is 8.43. The summed E-state index contributed by atoms with van der Waals surface area (Å²) in [6, 6.07) is 9.32. The monoisotopic (exact) mass is 458 g/mol. The van der Waals surface area contributed by atoms with Gasteiger partial charge in [-0.25, -0.2) is 13.2 Å². The molecule has 2 aromatic carbocycles. The van der Waals surface area contributed by atoms with Crippen molar-refractivity contribution >= 4 is 32.7 Å². The van der Waals surface area contributed by atoms with Gasteiger partial charge in [0.15, 0.2) is 0 Å². The van der Waals surface area contributed by atoms with Crippen molar-refractivity contribution in [1.29, 1.82) is 0 Å². The van der Waals surface area contributed by atoms with Crippen molar-refractivity contribution < 1.29 is 17.9 Å². The SMILES string of the molecule is COc1ccc(C(=O)Nc2ccc3[nH]c(=O)[nH]c3c2)cc1S(=O)(=O)N1C[C@H](C)C[C@H](C)C1.